The summed E-state index contributed by atoms with van der Waals surface area (Å²) in [4.78, 5) is 0. The van der Waals surface area contributed by atoms with Crippen LogP contribution in [0.15, 0.2) is 60.7 Å². The predicted octanol–water partition coefficient (Wildman–Crippen LogP) is 6.25. The van der Waals surface area contributed by atoms with Crippen molar-refractivity contribution < 1.29 is 0 Å². The molecule has 22 heavy (non-hydrogen) atoms. The molecule has 0 fully saturated rings. The van der Waals surface area contributed by atoms with Gasteiger partial charge in [-0.1, -0.05) is 71.8 Å². The molecule has 0 amide bonds. The fraction of sp³-hybridized carbons (Fsp3) is 0.182. The molecule has 0 nitrogen and oxygen atoms in total. The molecule has 0 heterocycles. The molecule has 0 heteroatoms. The highest BCUT2D eigenvalue weighted by Crippen LogP contribution is 2.31. The normalized spacial score (nSPS) is 10.7. The zero-order chi connectivity index (χ0) is 15.7. The molecule has 110 valence electrons. The van der Waals surface area contributed by atoms with Gasteiger partial charge in [-0.15, -0.1) is 0 Å². The third-order valence-electron chi connectivity index (χ3n) is 4.28. The quantitative estimate of drug-likeness (QED) is 0.522. The fourth-order valence-electron chi connectivity index (χ4n) is 3.01. The van der Waals surface area contributed by atoms with E-state index in [1.807, 2.05) is 0 Å². The van der Waals surface area contributed by atoms with E-state index in [1.165, 1.54) is 44.5 Å². The first-order chi connectivity index (χ1) is 10.5. The standard InChI is InChI=1S/C22H22/c1-15-5-8-19(9-6-15)20-10-12-22(18(4)14-20)21-11-7-16(2)13-17(21)3/h5-14H,1-4H3. The second-order valence-corrected chi connectivity index (χ2v) is 6.21. The Hall–Kier alpha value is -2.34. The third-order valence-corrected chi connectivity index (χ3v) is 4.28. The Labute approximate surface area is 133 Å². The van der Waals surface area contributed by atoms with Gasteiger partial charge in [-0.25, -0.2) is 0 Å². The van der Waals surface area contributed by atoms with E-state index in [9.17, 15) is 0 Å². The molecule has 0 aromatic heterocycles. The molecule has 0 saturated carbocycles. The van der Waals surface area contributed by atoms with Crippen LogP contribution < -0.4 is 0 Å². The van der Waals surface area contributed by atoms with E-state index < -0.39 is 0 Å². The van der Waals surface area contributed by atoms with Crippen LogP contribution in [-0.2, 0) is 0 Å². The largest absolute Gasteiger partial charge is 0.0587 e. The first kappa shape index (κ1) is 14.6. The van der Waals surface area contributed by atoms with Crippen molar-refractivity contribution in [2.75, 3.05) is 0 Å². The van der Waals surface area contributed by atoms with Gasteiger partial charge in [0.15, 0.2) is 0 Å². The Balaban J connectivity index is 2.04. The number of hydrogen-bond acceptors (Lipinski definition) is 0. The molecule has 0 atom stereocenters. The lowest BCUT2D eigenvalue weighted by molar-refractivity contribution is 1.36. The minimum atomic E-state index is 1.28. The van der Waals surface area contributed by atoms with Crippen molar-refractivity contribution in [1.82, 2.24) is 0 Å². The van der Waals surface area contributed by atoms with Crippen molar-refractivity contribution in [1.29, 1.82) is 0 Å². The van der Waals surface area contributed by atoms with Crippen LogP contribution in [0.3, 0.4) is 0 Å². The molecular weight excluding hydrogens is 264 g/mol. The number of hydrogen-bond donors (Lipinski definition) is 0. The number of rotatable bonds is 2. The lowest BCUT2D eigenvalue weighted by atomic mass is 9.92. The SMILES string of the molecule is Cc1ccc(-c2ccc(-c3ccc(C)cc3C)c(C)c2)cc1. The summed E-state index contributed by atoms with van der Waals surface area (Å²) in [5, 5.41) is 0. The second kappa shape index (κ2) is 5.81. The first-order valence-corrected chi connectivity index (χ1v) is 7.80. The van der Waals surface area contributed by atoms with Crippen LogP contribution in [-0.4, -0.2) is 0 Å². The first-order valence-electron chi connectivity index (χ1n) is 7.80. The molecule has 0 spiro atoms. The number of benzene rings is 3. The van der Waals surface area contributed by atoms with Crippen LogP contribution in [0.2, 0.25) is 0 Å². The van der Waals surface area contributed by atoms with Crippen LogP contribution >= 0.6 is 0 Å². The van der Waals surface area contributed by atoms with E-state index in [-0.39, 0.29) is 0 Å². The molecule has 0 bridgehead atoms. The summed E-state index contributed by atoms with van der Waals surface area (Å²) in [7, 11) is 0. The summed E-state index contributed by atoms with van der Waals surface area (Å²) < 4.78 is 0. The van der Waals surface area contributed by atoms with Gasteiger partial charge in [-0.05, 0) is 61.1 Å². The minimum absolute atomic E-state index is 1.28. The van der Waals surface area contributed by atoms with Crippen molar-refractivity contribution in [2.45, 2.75) is 27.7 Å². The molecule has 3 aromatic carbocycles. The molecule has 0 radical (unpaired) electrons. The van der Waals surface area contributed by atoms with Crippen LogP contribution in [0.1, 0.15) is 22.3 Å². The molecule has 3 rings (SSSR count). The van der Waals surface area contributed by atoms with Gasteiger partial charge in [0.25, 0.3) is 0 Å². The van der Waals surface area contributed by atoms with E-state index in [0.717, 1.165) is 0 Å². The lowest BCUT2D eigenvalue weighted by Crippen LogP contribution is -1.89. The Morgan fingerprint density at radius 3 is 1.55 bits per heavy atom. The smallest absolute Gasteiger partial charge is 0.0152 e. The maximum absolute atomic E-state index is 2.29. The van der Waals surface area contributed by atoms with E-state index in [1.54, 1.807) is 0 Å². The molecule has 0 aliphatic rings. The average molecular weight is 286 g/mol. The summed E-state index contributed by atoms with van der Waals surface area (Å²) in [5.74, 6) is 0. The number of aryl methyl sites for hydroxylation is 4. The van der Waals surface area contributed by atoms with Gasteiger partial charge < -0.3 is 0 Å². The van der Waals surface area contributed by atoms with E-state index in [4.69, 9.17) is 0 Å². The maximum Gasteiger partial charge on any atom is -0.0152 e. The highest BCUT2D eigenvalue weighted by Gasteiger charge is 2.07. The zero-order valence-corrected chi connectivity index (χ0v) is 13.8. The Morgan fingerprint density at radius 2 is 0.955 bits per heavy atom. The van der Waals surface area contributed by atoms with Crippen molar-refractivity contribution in [2.24, 2.45) is 0 Å². The summed E-state index contributed by atoms with van der Waals surface area (Å²) in [6.45, 7) is 8.66. The second-order valence-electron chi connectivity index (χ2n) is 6.21. The van der Waals surface area contributed by atoms with E-state index >= 15 is 0 Å². The highest BCUT2D eigenvalue weighted by molar-refractivity contribution is 5.75. The van der Waals surface area contributed by atoms with E-state index in [2.05, 4.69) is 88.4 Å². The molecule has 0 aliphatic carbocycles. The third kappa shape index (κ3) is 2.82. The van der Waals surface area contributed by atoms with Crippen LogP contribution in [0.4, 0.5) is 0 Å². The van der Waals surface area contributed by atoms with Gasteiger partial charge in [0.05, 0.1) is 0 Å². The highest BCUT2D eigenvalue weighted by atomic mass is 14.1. The topological polar surface area (TPSA) is 0 Å². The van der Waals surface area contributed by atoms with Gasteiger partial charge in [-0.2, -0.15) is 0 Å². The molecule has 0 unspecified atom stereocenters. The van der Waals surface area contributed by atoms with Crippen molar-refractivity contribution in [3.05, 3.63) is 82.9 Å². The van der Waals surface area contributed by atoms with Crippen LogP contribution in [0.5, 0.6) is 0 Å². The fourth-order valence-corrected chi connectivity index (χ4v) is 3.01. The summed E-state index contributed by atoms with van der Waals surface area (Å²) in [6, 6.07) is 22.2. The van der Waals surface area contributed by atoms with Gasteiger partial charge in [-0.3, -0.25) is 0 Å². The summed E-state index contributed by atoms with van der Waals surface area (Å²) in [5.41, 5.74) is 10.5. The molecule has 0 aliphatic heterocycles. The van der Waals surface area contributed by atoms with Crippen LogP contribution in [0.25, 0.3) is 22.3 Å². The molecule has 0 saturated heterocycles. The Bertz CT molecular complexity index is 808. The van der Waals surface area contributed by atoms with E-state index in [0.29, 0.717) is 0 Å². The Kier molecular flexibility index (Phi) is 3.85. The van der Waals surface area contributed by atoms with Crippen molar-refractivity contribution >= 4 is 0 Å². The van der Waals surface area contributed by atoms with Gasteiger partial charge in [0.1, 0.15) is 0 Å². The van der Waals surface area contributed by atoms with Gasteiger partial charge in [0.2, 0.25) is 0 Å². The maximum atomic E-state index is 2.29. The van der Waals surface area contributed by atoms with Crippen molar-refractivity contribution in [3.63, 3.8) is 0 Å². The summed E-state index contributed by atoms with van der Waals surface area (Å²) >= 11 is 0. The van der Waals surface area contributed by atoms with Crippen LogP contribution in [0, 0.1) is 27.7 Å². The average Bonchev–Trinajstić information content (AvgIpc) is 2.49. The molecule has 3 aromatic rings. The van der Waals surface area contributed by atoms with Gasteiger partial charge in [0, 0.05) is 0 Å². The Morgan fingerprint density at radius 1 is 0.455 bits per heavy atom. The zero-order valence-electron chi connectivity index (χ0n) is 13.8. The van der Waals surface area contributed by atoms with Crippen molar-refractivity contribution in [3.8, 4) is 22.3 Å². The minimum Gasteiger partial charge on any atom is -0.0587 e. The molecular formula is C22H22. The van der Waals surface area contributed by atoms with Gasteiger partial charge >= 0.3 is 0 Å². The predicted molar refractivity (Wildman–Crippen MR) is 96.3 cm³/mol. The summed E-state index contributed by atoms with van der Waals surface area (Å²) in [6.07, 6.45) is 0. The monoisotopic (exact) mass is 286 g/mol. The lowest BCUT2D eigenvalue weighted by Gasteiger charge is -2.12. The molecule has 0 N–H and O–H groups in total.